The van der Waals surface area contributed by atoms with Crippen LogP contribution in [-0.4, -0.2) is 89.8 Å². The van der Waals surface area contributed by atoms with Gasteiger partial charge in [0.1, 0.15) is 0 Å². The van der Waals surface area contributed by atoms with Crippen LogP contribution in [0.3, 0.4) is 0 Å². The fourth-order valence-electron chi connectivity index (χ4n) is 7.74. The lowest BCUT2D eigenvalue weighted by Gasteiger charge is -2.30. The van der Waals surface area contributed by atoms with Gasteiger partial charge in [0.25, 0.3) is 5.91 Å². The summed E-state index contributed by atoms with van der Waals surface area (Å²) in [5, 5.41) is 14.9. The first-order chi connectivity index (χ1) is 23.2. The average molecular weight is 719 g/mol. The first-order valence-corrected chi connectivity index (χ1v) is 18.9. The second kappa shape index (κ2) is 16.0. The van der Waals surface area contributed by atoms with Crippen molar-refractivity contribution < 1.29 is 29.0 Å². The molecule has 48 heavy (non-hydrogen) atoms. The van der Waals surface area contributed by atoms with E-state index in [0.717, 1.165) is 44.2 Å². The van der Waals surface area contributed by atoms with Gasteiger partial charge in [0.15, 0.2) is 0 Å². The Morgan fingerprint density at radius 2 is 1.88 bits per heavy atom. The molecule has 1 aromatic heterocycles. The number of aryl methyl sites for hydroxylation is 1. The predicted molar refractivity (Wildman–Crippen MR) is 189 cm³/mol. The number of carbonyl (C=O) groups excluding carboxylic acids is 2. The van der Waals surface area contributed by atoms with Crippen molar-refractivity contribution in [3.63, 3.8) is 0 Å². The molecule has 0 bridgehead atoms. The number of nitrogens with one attached hydrogen (secondary N) is 1. The van der Waals surface area contributed by atoms with E-state index in [2.05, 4.69) is 16.3 Å². The van der Waals surface area contributed by atoms with Crippen LogP contribution < -0.4 is 5.32 Å². The maximum atomic E-state index is 14.0. The van der Waals surface area contributed by atoms with Crippen molar-refractivity contribution in [2.45, 2.75) is 95.4 Å². The molecule has 12 heteroatoms. The number of carbonyl (C=O) groups is 3. The van der Waals surface area contributed by atoms with Crippen LogP contribution in [0.4, 0.5) is 5.69 Å². The number of likely N-dealkylation sites (tertiary alicyclic amines) is 2. The summed E-state index contributed by atoms with van der Waals surface area (Å²) >= 11 is 15.0. The van der Waals surface area contributed by atoms with Crippen molar-refractivity contribution in [1.29, 1.82) is 0 Å². The van der Waals surface area contributed by atoms with E-state index < -0.39 is 5.97 Å². The van der Waals surface area contributed by atoms with E-state index in [1.165, 1.54) is 4.88 Å². The molecule has 0 radical (unpaired) electrons. The monoisotopic (exact) mass is 717 g/mol. The van der Waals surface area contributed by atoms with Crippen LogP contribution in [0, 0.1) is 5.92 Å². The molecule has 0 unspecified atom stereocenters. The number of anilines is 1. The second-order valence-electron chi connectivity index (χ2n) is 13.4. The molecule has 2 aliphatic carbocycles. The topological polar surface area (TPSA) is 108 Å². The maximum absolute atomic E-state index is 14.0. The van der Waals surface area contributed by atoms with E-state index in [9.17, 15) is 19.5 Å². The Kier molecular flexibility index (Phi) is 11.8. The Hall–Kier alpha value is -2.47. The maximum Gasteiger partial charge on any atom is 0.306 e. The summed E-state index contributed by atoms with van der Waals surface area (Å²) in [7, 11) is 0. The third-order valence-corrected chi connectivity index (χ3v) is 12.1. The van der Waals surface area contributed by atoms with Crippen LogP contribution in [-0.2, 0) is 31.9 Å². The average Bonchev–Trinajstić information content (AvgIpc) is 3.83. The first kappa shape index (κ1) is 35.4. The van der Waals surface area contributed by atoms with Gasteiger partial charge in [0.05, 0.1) is 54.0 Å². The molecule has 2 aliphatic heterocycles. The quantitative estimate of drug-likeness (QED) is 0.245. The highest BCUT2D eigenvalue weighted by molar-refractivity contribution is 7.10. The molecule has 2 aromatic rings. The standard InChI is InChI=1S/C36H45Cl2N3O6S/c1-2-46-19-24-6-5-13-40(24)25-16-26(20-47-27-11-9-22(10-12-27)36(44)45)41(18-25)34(42)15-23-14-31(38)32(17-30(23)37)39-35(43)29-21-48-33-8-4-3-7-28(29)33/h3,7,14,17,21-22,24-27H,2,4-6,8-13,15-16,18-20H2,1H3,(H,39,43)(H,44,45)/t22-,24-,25-,26-,27-/m0/s1. The fraction of sp³-hybridized carbons (Fsp3) is 0.583. The number of hydrogen-bond donors (Lipinski definition) is 2. The molecule has 1 saturated carbocycles. The molecule has 3 fully saturated rings. The number of halogens is 2. The number of carboxylic acids is 1. The largest absolute Gasteiger partial charge is 0.481 e. The van der Waals surface area contributed by atoms with Crippen LogP contribution in [0.25, 0.3) is 6.08 Å². The zero-order valence-electron chi connectivity index (χ0n) is 27.4. The lowest BCUT2D eigenvalue weighted by Crippen LogP contribution is -2.44. The normalized spacial score (nSPS) is 25.7. The molecule has 4 aliphatic rings. The van der Waals surface area contributed by atoms with Gasteiger partial charge < -0.3 is 24.8 Å². The second-order valence-corrected chi connectivity index (χ2v) is 15.2. The molecule has 6 rings (SSSR count). The van der Waals surface area contributed by atoms with Crippen molar-refractivity contribution >= 4 is 64.1 Å². The molecule has 3 atom stereocenters. The molecule has 2 N–H and O–H groups in total. The molecule has 0 spiro atoms. The van der Waals surface area contributed by atoms with Crippen LogP contribution >= 0.6 is 34.5 Å². The summed E-state index contributed by atoms with van der Waals surface area (Å²) in [6.45, 7) is 5.38. The summed E-state index contributed by atoms with van der Waals surface area (Å²) in [5.74, 6) is -1.32. The minimum atomic E-state index is -0.733. The summed E-state index contributed by atoms with van der Waals surface area (Å²) in [6.07, 6.45) is 11.7. The van der Waals surface area contributed by atoms with Crippen molar-refractivity contribution in [1.82, 2.24) is 9.80 Å². The summed E-state index contributed by atoms with van der Waals surface area (Å²) in [5.41, 5.74) is 2.58. The Labute approximate surface area is 296 Å². The Balaban J connectivity index is 1.13. The minimum Gasteiger partial charge on any atom is -0.481 e. The van der Waals surface area contributed by atoms with E-state index in [4.69, 9.17) is 32.7 Å². The van der Waals surface area contributed by atoms with Gasteiger partial charge in [0.2, 0.25) is 5.91 Å². The lowest BCUT2D eigenvalue weighted by molar-refractivity contribution is -0.144. The zero-order valence-corrected chi connectivity index (χ0v) is 29.8. The number of nitrogens with zero attached hydrogens (tertiary/aromatic N) is 2. The SMILES string of the molecule is CCOC[C@@H]1CCCN1[C@H]1C[C@@H](CO[C@H]2CC[C@H](C(=O)O)CC2)N(C(=O)Cc2cc(Cl)c(NC(=O)c3csc4c3C=CCC4)cc2Cl)C1. The van der Waals surface area contributed by atoms with Gasteiger partial charge in [0, 0.05) is 46.1 Å². The highest BCUT2D eigenvalue weighted by Gasteiger charge is 2.42. The molecule has 260 valence electrons. The summed E-state index contributed by atoms with van der Waals surface area (Å²) in [6, 6.07) is 3.74. The molecule has 9 nitrogen and oxygen atoms in total. The first-order valence-electron chi connectivity index (χ1n) is 17.2. The molecule has 1 aromatic carbocycles. The highest BCUT2D eigenvalue weighted by Crippen LogP contribution is 2.35. The van der Waals surface area contributed by atoms with E-state index >= 15 is 0 Å². The number of aliphatic carboxylic acids is 1. The van der Waals surface area contributed by atoms with Crippen LogP contribution in [0.5, 0.6) is 0 Å². The number of rotatable bonds is 12. The Morgan fingerprint density at radius 3 is 2.65 bits per heavy atom. The number of ether oxygens (including phenoxy) is 2. The van der Waals surface area contributed by atoms with Crippen LogP contribution in [0.2, 0.25) is 10.0 Å². The lowest BCUT2D eigenvalue weighted by atomic mass is 9.87. The number of carboxylic acid groups (broad SMARTS) is 1. The van der Waals surface area contributed by atoms with Gasteiger partial charge in [-0.3, -0.25) is 19.3 Å². The van der Waals surface area contributed by atoms with Crippen LogP contribution in [0.1, 0.15) is 84.7 Å². The number of benzene rings is 1. The van der Waals surface area contributed by atoms with E-state index in [0.29, 0.717) is 85.0 Å². The number of thiophene rings is 1. The van der Waals surface area contributed by atoms with Gasteiger partial charge >= 0.3 is 5.97 Å². The van der Waals surface area contributed by atoms with E-state index in [1.54, 1.807) is 23.5 Å². The van der Waals surface area contributed by atoms with Gasteiger partial charge in [-0.25, -0.2) is 0 Å². The summed E-state index contributed by atoms with van der Waals surface area (Å²) < 4.78 is 12.2. The van der Waals surface area contributed by atoms with Crippen molar-refractivity contribution in [2.75, 3.05) is 38.2 Å². The highest BCUT2D eigenvalue weighted by atomic mass is 35.5. The van der Waals surface area contributed by atoms with Gasteiger partial charge in [-0.05, 0) is 89.0 Å². The molecule has 2 amide bonds. The Bertz CT molecular complexity index is 1520. The van der Waals surface area contributed by atoms with Crippen LogP contribution in [0.15, 0.2) is 23.6 Å². The van der Waals surface area contributed by atoms with Gasteiger partial charge in [-0.15, -0.1) is 11.3 Å². The number of fused-ring (bicyclic) bond motifs is 1. The van der Waals surface area contributed by atoms with Gasteiger partial charge in [-0.1, -0.05) is 35.4 Å². The van der Waals surface area contributed by atoms with E-state index in [-0.39, 0.29) is 42.3 Å². The third kappa shape index (κ3) is 8.11. The van der Waals surface area contributed by atoms with Crippen molar-refractivity contribution in [2.24, 2.45) is 5.92 Å². The number of amides is 2. The van der Waals surface area contributed by atoms with Crippen molar-refractivity contribution in [3.8, 4) is 0 Å². The Morgan fingerprint density at radius 1 is 1.06 bits per heavy atom. The molecular formula is C36H45Cl2N3O6S. The molecule has 3 heterocycles. The smallest absolute Gasteiger partial charge is 0.306 e. The zero-order chi connectivity index (χ0) is 33.8. The van der Waals surface area contributed by atoms with Crippen molar-refractivity contribution in [3.05, 3.63) is 55.2 Å². The third-order valence-electron chi connectivity index (χ3n) is 10.4. The number of hydrogen-bond acceptors (Lipinski definition) is 7. The molecule has 2 saturated heterocycles. The number of allylic oxidation sites excluding steroid dienone is 1. The minimum absolute atomic E-state index is 0.000650. The summed E-state index contributed by atoms with van der Waals surface area (Å²) in [4.78, 5) is 44.3. The van der Waals surface area contributed by atoms with E-state index in [1.807, 2.05) is 23.3 Å². The predicted octanol–water partition coefficient (Wildman–Crippen LogP) is 6.94. The fourth-order valence-corrected chi connectivity index (χ4v) is 9.24. The van der Waals surface area contributed by atoms with Gasteiger partial charge in [-0.2, -0.15) is 0 Å². The molecular weight excluding hydrogens is 673 g/mol.